The van der Waals surface area contributed by atoms with Gasteiger partial charge < -0.3 is 5.32 Å². The summed E-state index contributed by atoms with van der Waals surface area (Å²) in [5, 5.41) is 13.8. The van der Waals surface area contributed by atoms with E-state index in [9.17, 15) is 14.9 Å². The molecule has 1 unspecified atom stereocenters. The molecule has 21 heavy (non-hydrogen) atoms. The summed E-state index contributed by atoms with van der Waals surface area (Å²) in [6.07, 6.45) is 0. The van der Waals surface area contributed by atoms with E-state index in [2.05, 4.69) is 5.32 Å². The van der Waals surface area contributed by atoms with Gasteiger partial charge in [-0.3, -0.25) is 14.9 Å². The average Bonchev–Trinajstić information content (AvgIpc) is 2.48. The van der Waals surface area contributed by atoms with Crippen LogP contribution in [0.1, 0.15) is 34.5 Å². The summed E-state index contributed by atoms with van der Waals surface area (Å²) >= 11 is 0. The second-order valence-electron chi connectivity index (χ2n) is 4.86. The Kier molecular flexibility index (Phi) is 4.33. The van der Waals surface area contributed by atoms with Crippen LogP contribution in [0.2, 0.25) is 0 Å². The number of hydrogen-bond donors (Lipinski definition) is 1. The van der Waals surface area contributed by atoms with Crippen molar-refractivity contribution >= 4 is 11.6 Å². The molecule has 0 saturated carbocycles. The SMILES string of the molecule is Cc1ccc(C(=O)NC(C)c2ccccc2)cc1[N+](=O)[O-]. The summed E-state index contributed by atoms with van der Waals surface area (Å²) in [6, 6.07) is 13.9. The molecule has 0 radical (unpaired) electrons. The van der Waals surface area contributed by atoms with Gasteiger partial charge in [0.15, 0.2) is 0 Å². The Morgan fingerprint density at radius 2 is 1.86 bits per heavy atom. The average molecular weight is 284 g/mol. The molecule has 5 heteroatoms. The Balaban J connectivity index is 2.17. The van der Waals surface area contributed by atoms with Crippen molar-refractivity contribution < 1.29 is 9.72 Å². The first-order valence-corrected chi connectivity index (χ1v) is 6.60. The van der Waals surface area contributed by atoms with E-state index >= 15 is 0 Å². The molecule has 0 aromatic heterocycles. The molecule has 2 aromatic carbocycles. The molecule has 0 spiro atoms. The maximum absolute atomic E-state index is 12.2. The lowest BCUT2D eigenvalue weighted by Crippen LogP contribution is -2.26. The maximum Gasteiger partial charge on any atom is 0.273 e. The second kappa shape index (κ2) is 6.17. The second-order valence-corrected chi connectivity index (χ2v) is 4.86. The van der Waals surface area contributed by atoms with E-state index in [1.165, 1.54) is 6.07 Å². The van der Waals surface area contributed by atoms with Gasteiger partial charge in [-0.2, -0.15) is 0 Å². The molecule has 0 bridgehead atoms. The van der Waals surface area contributed by atoms with Crippen molar-refractivity contribution in [3.8, 4) is 0 Å². The lowest BCUT2D eigenvalue weighted by molar-refractivity contribution is -0.385. The summed E-state index contributed by atoms with van der Waals surface area (Å²) in [4.78, 5) is 22.6. The van der Waals surface area contributed by atoms with Gasteiger partial charge in [0.1, 0.15) is 0 Å². The zero-order valence-corrected chi connectivity index (χ0v) is 11.9. The fourth-order valence-electron chi connectivity index (χ4n) is 2.05. The van der Waals surface area contributed by atoms with Gasteiger partial charge in [-0.15, -0.1) is 0 Å². The Morgan fingerprint density at radius 3 is 2.48 bits per heavy atom. The lowest BCUT2D eigenvalue weighted by atomic mass is 10.1. The van der Waals surface area contributed by atoms with E-state index < -0.39 is 4.92 Å². The number of hydrogen-bond acceptors (Lipinski definition) is 3. The van der Waals surface area contributed by atoms with Crippen LogP contribution in [0.25, 0.3) is 0 Å². The van der Waals surface area contributed by atoms with Crippen LogP contribution in [0.15, 0.2) is 48.5 Å². The van der Waals surface area contributed by atoms with E-state index in [4.69, 9.17) is 0 Å². The summed E-state index contributed by atoms with van der Waals surface area (Å²) < 4.78 is 0. The smallest absolute Gasteiger partial charge is 0.273 e. The molecule has 2 rings (SSSR count). The zero-order chi connectivity index (χ0) is 15.4. The minimum atomic E-state index is -0.479. The molecule has 0 aliphatic carbocycles. The fraction of sp³-hybridized carbons (Fsp3) is 0.188. The number of carbonyl (C=O) groups is 1. The lowest BCUT2D eigenvalue weighted by Gasteiger charge is -2.14. The number of amides is 1. The first kappa shape index (κ1) is 14.7. The number of carbonyl (C=O) groups excluding carboxylic acids is 1. The van der Waals surface area contributed by atoms with Crippen LogP contribution >= 0.6 is 0 Å². The van der Waals surface area contributed by atoms with Crippen LogP contribution in [0.4, 0.5) is 5.69 Å². The summed E-state index contributed by atoms with van der Waals surface area (Å²) in [5.74, 6) is -0.325. The van der Waals surface area contributed by atoms with Crippen molar-refractivity contribution in [2.24, 2.45) is 0 Å². The Hall–Kier alpha value is -2.69. The summed E-state index contributed by atoms with van der Waals surface area (Å²) in [5.41, 5.74) is 1.75. The van der Waals surface area contributed by atoms with Crippen molar-refractivity contribution in [3.05, 3.63) is 75.3 Å². The van der Waals surface area contributed by atoms with Gasteiger partial charge in [-0.05, 0) is 25.5 Å². The van der Waals surface area contributed by atoms with E-state index in [1.54, 1.807) is 19.1 Å². The number of nitro groups is 1. The van der Waals surface area contributed by atoms with Gasteiger partial charge in [-0.25, -0.2) is 0 Å². The zero-order valence-electron chi connectivity index (χ0n) is 11.9. The predicted molar refractivity (Wildman–Crippen MR) is 80.2 cm³/mol. The van der Waals surface area contributed by atoms with Crippen molar-refractivity contribution in [2.45, 2.75) is 19.9 Å². The molecule has 5 nitrogen and oxygen atoms in total. The number of benzene rings is 2. The summed E-state index contributed by atoms with van der Waals surface area (Å²) in [6.45, 7) is 3.52. The standard InChI is InChI=1S/C16H16N2O3/c1-11-8-9-14(10-15(11)18(20)21)16(19)17-12(2)13-6-4-3-5-7-13/h3-10,12H,1-2H3,(H,17,19). The van der Waals surface area contributed by atoms with Gasteiger partial charge in [0.05, 0.1) is 11.0 Å². The van der Waals surface area contributed by atoms with Gasteiger partial charge in [0, 0.05) is 17.2 Å². The molecule has 108 valence electrons. The van der Waals surface area contributed by atoms with Crippen LogP contribution in [0.5, 0.6) is 0 Å². The predicted octanol–water partition coefficient (Wildman–Crippen LogP) is 3.39. The molecule has 1 atom stereocenters. The molecule has 0 aliphatic heterocycles. The highest BCUT2D eigenvalue weighted by molar-refractivity contribution is 5.95. The Labute approximate surface area is 122 Å². The van der Waals surface area contributed by atoms with Crippen LogP contribution in [0.3, 0.4) is 0 Å². The number of aryl methyl sites for hydroxylation is 1. The third-order valence-electron chi connectivity index (χ3n) is 3.32. The first-order chi connectivity index (χ1) is 9.99. The molecular weight excluding hydrogens is 268 g/mol. The van der Waals surface area contributed by atoms with E-state index in [-0.39, 0.29) is 23.2 Å². The van der Waals surface area contributed by atoms with E-state index in [0.29, 0.717) is 5.56 Å². The maximum atomic E-state index is 12.2. The number of nitrogens with one attached hydrogen (secondary N) is 1. The van der Waals surface area contributed by atoms with Crippen LogP contribution in [-0.2, 0) is 0 Å². The molecule has 0 aliphatic rings. The van der Waals surface area contributed by atoms with Crippen LogP contribution in [-0.4, -0.2) is 10.8 Å². The van der Waals surface area contributed by atoms with Gasteiger partial charge in [0.2, 0.25) is 0 Å². The largest absolute Gasteiger partial charge is 0.346 e. The quantitative estimate of drug-likeness (QED) is 0.691. The molecule has 2 aromatic rings. The fourth-order valence-corrected chi connectivity index (χ4v) is 2.05. The third-order valence-corrected chi connectivity index (χ3v) is 3.32. The van der Waals surface area contributed by atoms with Gasteiger partial charge >= 0.3 is 0 Å². The monoisotopic (exact) mass is 284 g/mol. The third kappa shape index (κ3) is 3.45. The highest BCUT2D eigenvalue weighted by Gasteiger charge is 2.16. The Morgan fingerprint density at radius 1 is 1.19 bits per heavy atom. The molecular formula is C16H16N2O3. The molecule has 0 fully saturated rings. The normalized spacial score (nSPS) is 11.7. The number of nitro benzene ring substituents is 1. The molecule has 1 amide bonds. The molecule has 0 saturated heterocycles. The minimum absolute atomic E-state index is 0.0463. The number of rotatable bonds is 4. The first-order valence-electron chi connectivity index (χ1n) is 6.60. The van der Waals surface area contributed by atoms with Crippen LogP contribution in [0, 0.1) is 17.0 Å². The van der Waals surface area contributed by atoms with Crippen molar-refractivity contribution in [1.29, 1.82) is 0 Å². The topological polar surface area (TPSA) is 72.2 Å². The van der Waals surface area contributed by atoms with E-state index in [1.807, 2.05) is 37.3 Å². The van der Waals surface area contributed by atoms with Crippen molar-refractivity contribution in [1.82, 2.24) is 5.32 Å². The number of nitrogens with zero attached hydrogens (tertiary/aromatic N) is 1. The molecule has 0 heterocycles. The van der Waals surface area contributed by atoms with Gasteiger partial charge in [0.25, 0.3) is 11.6 Å². The van der Waals surface area contributed by atoms with E-state index in [0.717, 1.165) is 5.56 Å². The highest BCUT2D eigenvalue weighted by atomic mass is 16.6. The highest BCUT2D eigenvalue weighted by Crippen LogP contribution is 2.20. The van der Waals surface area contributed by atoms with Gasteiger partial charge in [-0.1, -0.05) is 36.4 Å². The van der Waals surface area contributed by atoms with Crippen molar-refractivity contribution in [3.63, 3.8) is 0 Å². The minimum Gasteiger partial charge on any atom is -0.346 e. The Bertz CT molecular complexity index is 668. The molecule has 1 N–H and O–H groups in total. The van der Waals surface area contributed by atoms with Crippen molar-refractivity contribution in [2.75, 3.05) is 0 Å². The van der Waals surface area contributed by atoms with Crippen LogP contribution < -0.4 is 5.32 Å². The summed E-state index contributed by atoms with van der Waals surface area (Å²) in [7, 11) is 0.